The van der Waals surface area contributed by atoms with Crippen LogP contribution in [0.15, 0.2) is 66.9 Å². The topological polar surface area (TPSA) is 59.0 Å². The Labute approximate surface area is 172 Å². The lowest BCUT2D eigenvalue weighted by atomic mass is 10.0. The number of nitrogens with zero attached hydrogens (tertiary/aromatic N) is 2. The van der Waals surface area contributed by atoms with Crippen LogP contribution in [0.5, 0.6) is 0 Å². The molecule has 0 radical (unpaired) electrons. The van der Waals surface area contributed by atoms with Crippen molar-refractivity contribution < 1.29 is 4.79 Å². The van der Waals surface area contributed by atoms with Crippen LogP contribution in [0.1, 0.15) is 50.3 Å². The van der Waals surface area contributed by atoms with Crippen molar-refractivity contribution in [3.8, 4) is 11.1 Å². The number of benzene rings is 2. The van der Waals surface area contributed by atoms with Crippen LogP contribution >= 0.6 is 0 Å². The zero-order chi connectivity index (χ0) is 20.1. The van der Waals surface area contributed by atoms with E-state index < -0.39 is 0 Å². The highest BCUT2D eigenvalue weighted by Gasteiger charge is 2.20. The summed E-state index contributed by atoms with van der Waals surface area (Å²) >= 11 is 0. The monoisotopic (exact) mass is 388 g/mol. The molecule has 4 rings (SSSR count). The maximum absolute atomic E-state index is 12.4. The average Bonchev–Trinajstić information content (AvgIpc) is 3.44. The minimum Gasteiger partial charge on any atom is -0.310 e. The predicted molar refractivity (Wildman–Crippen MR) is 117 cm³/mol. The van der Waals surface area contributed by atoms with Gasteiger partial charge in [-0.3, -0.25) is 4.79 Å². The van der Waals surface area contributed by atoms with Gasteiger partial charge in [0, 0.05) is 12.1 Å². The van der Waals surface area contributed by atoms with Gasteiger partial charge in [-0.25, -0.2) is 4.68 Å². The number of amides is 1. The quantitative estimate of drug-likeness (QED) is 0.602. The molecule has 0 aliphatic heterocycles. The van der Waals surface area contributed by atoms with Gasteiger partial charge in [0.2, 0.25) is 5.91 Å². The summed E-state index contributed by atoms with van der Waals surface area (Å²) in [5, 5.41) is 10.7. The second kappa shape index (κ2) is 9.05. The summed E-state index contributed by atoms with van der Waals surface area (Å²) in [4.78, 5) is 12.4. The summed E-state index contributed by atoms with van der Waals surface area (Å²) in [5.41, 5.74) is 3.56. The fourth-order valence-corrected chi connectivity index (χ4v) is 4.00. The van der Waals surface area contributed by atoms with E-state index in [4.69, 9.17) is 0 Å². The Morgan fingerprint density at radius 2 is 1.72 bits per heavy atom. The molecule has 1 saturated carbocycles. The van der Waals surface area contributed by atoms with Crippen LogP contribution in [-0.2, 0) is 4.79 Å². The van der Waals surface area contributed by atoms with Crippen LogP contribution in [0.2, 0.25) is 0 Å². The first kappa shape index (κ1) is 19.4. The molecule has 1 aliphatic carbocycles. The summed E-state index contributed by atoms with van der Waals surface area (Å²) in [6.45, 7) is 2.34. The highest BCUT2D eigenvalue weighted by Crippen LogP contribution is 2.31. The first-order valence-electron chi connectivity index (χ1n) is 10.4. The Morgan fingerprint density at radius 3 is 2.45 bits per heavy atom. The number of rotatable bonds is 7. The van der Waals surface area contributed by atoms with E-state index in [9.17, 15) is 4.79 Å². The van der Waals surface area contributed by atoms with Crippen LogP contribution in [0.4, 0.5) is 5.82 Å². The van der Waals surface area contributed by atoms with Gasteiger partial charge in [0.25, 0.3) is 0 Å². The standard InChI is InChI=1S/C24H28N4O/c1-18(19-11-13-21(14-12-19)20-7-3-2-4-8-20)25-17-24(29)27-23-15-16-26-28(23)22-9-5-6-10-22/h2-4,7-8,11-16,18,22,25H,5-6,9-10,17H2,1H3,(H,27,29). The summed E-state index contributed by atoms with van der Waals surface area (Å²) in [7, 11) is 0. The van der Waals surface area contributed by atoms with E-state index in [0.717, 1.165) is 24.2 Å². The van der Waals surface area contributed by atoms with E-state index in [0.29, 0.717) is 6.04 Å². The van der Waals surface area contributed by atoms with Gasteiger partial charge in [-0.15, -0.1) is 0 Å². The first-order valence-corrected chi connectivity index (χ1v) is 10.4. The molecule has 0 saturated heterocycles. The fourth-order valence-electron chi connectivity index (χ4n) is 4.00. The van der Waals surface area contributed by atoms with Gasteiger partial charge in [0.1, 0.15) is 5.82 Å². The number of anilines is 1. The van der Waals surface area contributed by atoms with Crippen molar-refractivity contribution >= 4 is 11.7 Å². The average molecular weight is 389 g/mol. The van der Waals surface area contributed by atoms with E-state index >= 15 is 0 Å². The van der Waals surface area contributed by atoms with Crippen LogP contribution < -0.4 is 10.6 Å². The Kier molecular flexibility index (Phi) is 6.06. The molecular weight excluding hydrogens is 360 g/mol. The minimum absolute atomic E-state index is 0.0440. The van der Waals surface area contributed by atoms with Crippen molar-refractivity contribution in [3.63, 3.8) is 0 Å². The summed E-state index contributed by atoms with van der Waals surface area (Å²) in [6.07, 6.45) is 6.51. The van der Waals surface area contributed by atoms with Crippen molar-refractivity contribution in [1.29, 1.82) is 0 Å². The zero-order valence-corrected chi connectivity index (χ0v) is 16.8. The van der Waals surface area contributed by atoms with Crippen LogP contribution in [-0.4, -0.2) is 22.2 Å². The number of nitrogens with one attached hydrogen (secondary N) is 2. The second-order valence-electron chi connectivity index (χ2n) is 7.74. The first-order chi connectivity index (χ1) is 14.2. The van der Waals surface area contributed by atoms with Crippen molar-refractivity contribution in [3.05, 3.63) is 72.4 Å². The van der Waals surface area contributed by atoms with Gasteiger partial charge in [0.05, 0.1) is 18.8 Å². The number of carbonyl (C=O) groups excluding carboxylic acids is 1. The third-order valence-electron chi connectivity index (χ3n) is 5.69. The molecule has 1 heterocycles. The van der Waals surface area contributed by atoms with E-state index in [1.165, 1.54) is 24.0 Å². The van der Waals surface area contributed by atoms with Gasteiger partial charge < -0.3 is 10.6 Å². The van der Waals surface area contributed by atoms with Gasteiger partial charge in [-0.05, 0) is 36.5 Å². The Hall–Kier alpha value is -2.92. The van der Waals surface area contributed by atoms with E-state index in [-0.39, 0.29) is 18.5 Å². The predicted octanol–water partition coefficient (Wildman–Crippen LogP) is 4.95. The minimum atomic E-state index is -0.0440. The Balaban J connectivity index is 1.31. The molecule has 0 spiro atoms. The van der Waals surface area contributed by atoms with Gasteiger partial charge in [-0.2, -0.15) is 5.10 Å². The molecule has 5 nitrogen and oxygen atoms in total. The summed E-state index contributed by atoms with van der Waals surface area (Å²) in [6, 6.07) is 21.2. The molecule has 2 N–H and O–H groups in total. The zero-order valence-electron chi connectivity index (χ0n) is 16.8. The van der Waals surface area contributed by atoms with Crippen molar-refractivity contribution in [2.75, 3.05) is 11.9 Å². The molecule has 1 unspecified atom stereocenters. The highest BCUT2D eigenvalue weighted by molar-refractivity contribution is 5.91. The van der Waals surface area contributed by atoms with E-state index in [1.54, 1.807) is 6.20 Å². The number of carbonyl (C=O) groups is 1. The lowest BCUT2D eigenvalue weighted by Crippen LogP contribution is -2.31. The molecule has 1 amide bonds. The number of hydrogen-bond donors (Lipinski definition) is 2. The van der Waals surface area contributed by atoms with E-state index in [1.807, 2.05) is 28.9 Å². The molecule has 0 bridgehead atoms. The largest absolute Gasteiger partial charge is 0.310 e. The normalized spacial score (nSPS) is 15.3. The molecule has 2 aromatic carbocycles. The van der Waals surface area contributed by atoms with Gasteiger partial charge >= 0.3 is 0 Å². The van der Waals surface area contributed by atoms with Crippen LogP contribution in [0.25, 0.3) is 11.1 Å². The molecular formula is C24H28N4O. The number of hydrogen-bond acceptors (Lipinski definition) is 3. The van der Waals surface area contributed by atoms with Crippen molar-refractivity contribution in [1.82, 2.24) is 15.1 Å². The summed E-state index contributed by atoms with van der Waals surface area (Å²) < 4.78 is 1.97. The molecule has 1 atom stereocenters. The second-order valence-corrected chi connectivity index (χ2v) is 7.74. The smallest absolute Gasteiger partial charge is 0.239 e. The Bertz CT molecular complexity index is 927. The molecule has 1 aromatic heterocycles. The molecule has 1 fully saturated rings. The lowest BCUT2D eigenvalue weighted by molar-refractivity contribution is -0.115. The highest BCUT2D eigenvalue weighted by atomic mass is 16.2. The van der Waals surface area contributed by atoms with Crippen LogP contribution in [0, 0.1) is 0 Å². The van der Waals surface area contributed by atoms with Gasteiger partial charge in [0.15, 0.2) is 0 Å². The SMILES string of the molecule is CC(NCC(=O)Nc1ccnn1C1CCCC1)c1ccc(-c2ccccc2)cc1. The molecule has 1 aliphatic rings. The maximum atomic E-state index is 12.4. The van der Waals surface area contributed by atoms with E-state index in [2.05, 4.69) is 59.1 Å². The van der Waals surface area contributed by atoms with Crippen molar-refractivity contribution in [2.45, 2.75) is 44.7 Å². The maximum Gasteiger partial charge on any atom is 0.239 e. The molecule has 29 heavy (non-hydrogen) atoms. The van der Waals surface area contributed by atoms with Crippen molar-refractivity contribution in [2.24, 2.45) is 0 Å². The molecule has 5 heteroatoms. The molecule has 150 valence electrons. The van der Waals surface area contributed by atoms with Gasteiger partial charge in [-0.1, -0.05) is 67.4 Å². The Morgan fingerprint density at radius 1 is 1.03 bits per heavy atom. The number of aromatic nitrogens is 2. The lowest BCUT2D eigenvalue weighted by Gasteiger charge is -2.17. The molecule has 3 aromatic rings. The van der Waals surface area contributed by atoms with Crippen LogP contribution in [0.3, 0.4) is 0 Å². The third-order valence-corrected chi connectivity index (χ3v) is 5.69. The summed E-state index contributed by atoms with van der Waals surface area (Å²) in [5.74, 6) is 0.751. The third kappa shape index (κ3) is 4.74. The fraction of sp³-hybridized carbons (Fsp3) is 0.333.